The molecule has 0 radical (unpaired) electrons. The average Bonchev–Trinajstić information content (AvgIpc) is 3.20. The van der Waals surface area contributed by atoms with Gasteiger partial charge in [-0.15, -0.1) is 11.3 Å². The lowest BCUT2D eigenvalue weighted by atomic mass is 10.1. The Morgan fingerprint density at radius 1 is 1.17 bits per heavy atom. The third-order valence-corrected chi connectivity index (χ3v) is 5.54. The minimum absolute atomic E-state index is 0.380. The summed E-state index contributed by atoms with van der Waals surface area (Å²) in [4.78, 5) is 16.8. The summed E-state index contributed by atoms with van der Waals surface area (Å²) in [6, 6.07) is 17.3. The molecule has 0 saturated carbocycles. The fourth-order valence-corrected chi connectivity index (χ4v) is 3.68. The summed E-state index contributed by atoms with van der Waals surface area (Å²) in [7, 11) is 0. The van der Waals surface area contributed by atoms with E-state index in [-0.39, 0.29) is 0 Å². The van der Waals surface area contributed by atoms with Crippen LogP contribution in [0.1, 0.15) is 16.1 Å². The Bertz CT molecular complexity index is 1340. The molecule has 6 heteroatoms. The van der Waals surface area contributed by atoms with Gasteiger partial charge in [0.25, 0.3) is 0 Å². The number of nitrogens with one attached hydrogen (secondary N) is 1. The minimum atomic E-state index is -0.448. The van der Waals surface area contributed by atoms with Crippen LogP contribution < -0.4 is 10.9 Å². The first-order valence-electron chi connectivity index (χ1n) is 8.98. The number of aromatic nitrogens is 1. The highest BCUT2D eigenvalue weighted by Gasteiger charge is 2.13. The first kappa shape index (κ1) is 18.7. The smallest absolute Gasteiger partial charge is 0.345 e. The summed E-state index contributed by atoms with van der Waals surface area (Å²) in [5, 5.41) is 15.8. The molecule has 0 spiro atoms. The number of fused-ring (bicyclic) bond motifs is 1. The highest BCUT2D eigenvalue weighted by Crippen LogP contribution is 2.26. The molecule has 2 heterocycles. The van der Waals surface area contributed by atoms with Gasteiger partial charge in [-0.1, -0.05) is 24.3 Å². The van der Waals surface area contributed by atoms with Crippen LogP contribution in [0.3, 0.4) is 0 Å². The van der Waals surface area contributed by atoms with Crippen molar-refractivity contribution in [1.29, 1.82) is 5.26 Å². The van der Waals surface area contributed by atoms with Crippen LogP contribution in [-0.4, -0.2) is 4.98 Å². The summed E-state index contributed by atoms with van der Waals surface area (Å²) in [6.07, 6.45) is 1.63. The number of allylic oxidation sites excluding steroid dienone is 1. The Kier molecular flexibility index (Phi) is 4.98. The molecule has 2 aromatic heterocycles. The lowest BCUT2D eigenvalue weighted by molar-refractivity contribution is 0.563. The van der Waals surface area contributed by atoms with E-state index in [0.29, 0.717) is 27.4 Å². The molecule has 1 N–H and O–H groups in total. The lowest BCUT2D eigenvalue weighted by Gasteiger charge is -2.05. The van der Waals surface area contributed by atoms with Gasteiger partial charge in [0, 0.05) is 22.7 Å². The van der Waals surface area contributed by atoms with Gasteiger partial charge < -0.3 is 9.73 Å². The zero-order valence-corrected chi connectivity index (χ0v) is 16.7. The molecule has 5 nitrogen and oxygen atoms in total. The average molecular weight is 399 g/mol. The zero-order chi connectivity index (χ0) is 20.4. The maximum Gasteiger partial charge on any atom is 0.345 e. The molecule has 0 bridgehead atoms. The Hall–Kier alpha value is -3.69. The second kappa shape index (κ2) is 7.74. The number of thiazole rings is 1. The highest BCUT2D eigenvalue weighted by atomic mass is 32.1. The predicted octanol–water partition coefficient (Wildman–Crippen LogP) is 5.51. The normalized spacial score (nSPS) is 11.4. The van der Waals surface area contributed by atoms with Crippen molar-refractivity contribution in [2.45, 2.75) is 13.8 Å². The van der Waals surface area contributed by atoms with Crippen LogP contribution in [0.5, 0.6) is 0 Å². The van der Waals surface area contributed by atoms with Crippen molar-refractivity contribution < 1.29 is 4.42 Å². The third-order valence-electron chi connectivity index (χ3n) is 4.66. The Balaban J connectivity index is 1.65. The van der Waals surface area contributed by atoms with Gasteiger partial charge in [0.05, 0.1) is 11.3 Å². The third kappa shape index (κ3) is 3.82. The predicted molar refractivity (Wildman–Crippen MR) is 117 cm³/mol. The quantitative estimate of drug-likeness (QED) is 0.362. The number of aryl methyl sites for hydroxylation is 2. The molecular weight excluding hydrogens is 382 g/mol. The van der Waals surface area contributed by atoms with E-state index in [9.17, 15) is 10.1 Å². The summed E-state index contributed by atoms with van der Waals surface area (Å²) in [5.41, 5.74) is 4.63. The summed E-state index contributed by atoms with van der Waals surface area (Å²) >= 11 is 1.31. The van der Waals surface area contributed by atoms with Gasteiger partial charge in [-0.25, -0.2) is 9.78 Å². The van der Waals surface area contributed by atoms with Crippen LogP contribution in [0.4, 0.5) is 5.69 Å². The van der Waals surface area contributed by atoms with Crippen molar-refractivity contribution in [3.8, 4) is 17.3 Å². The number of para-hydroxylation sites is 1. The van der Waals surface area contributed by atoms with Crippen molar-refractivity contribution >= 4 is 33.6 Å². The van der Waals surface area contributed by atoms with Gasteiger partial charge in [-0.3, -0.25) is 0 Å². The van der Waals surface area contributed by atoms with Gasteiger partial charge in [-0.2, -0.15) is 5.26 Å². The Labute approximate surface area is 171 Å². The van der Waals surface area contributed by atoms with Crippen LogP contribution in [0.2, 0.25) is 0 Å². The molecule has 0 unspecified atom stereocenters. The second-order valence-corrected chi connectivity index (χ2v) is 7.49. The van der Waals surface area contributed by atoms with E-state index in [1.807, 2.05) is 43.3 Å². The van der Waals surface area contributed by atoms with Crippen LogP contribution in [0.25, 0.3) is 27.8 Å². The molecular formula is C23H17N3O2S. The monoisotopic (exact) mass is 399 g/mol. The number of hydrogen-bond donors (Lipinski definition) is 1. The summed E-state index contributed by atoms with van der Waals surface area (Å²) < 4.78 is 5.39. The highest BCUT2D eigenvalue weighted by molar-refractivity contribution is 7.11. The van der Waals surface area contributed by atoms with Crippen LogP contribution in [0.15, 0.2) is 69.3 Å². The molecule has 4 aromatic rings. The molecule has 0 saturated heterocycles. The van der Waals surface area contributed by atoms with Crippen molar-refractivity contribution in [3.05, 3.63) is 86.7 Å². The fraction of sp³-hybridized carbons (Fsp3) is 0.0870. The van der Waals surface area contributed by atoms with Gasteiger partial charge in [-0.05, 0) is 49.2 Å². The molecule has 0 atom stereocenters. The Morgan fingerprint density at radius 3 is 2.79 bits per heavy atom. The maximum atomic E-state index is 12.4. The van der Waals surface area contributed by atoms with Gasteiger partial charge in [0.1, 0.15) is 22.2 Å². The van der Waals surface area contributed by atoms with E-state index >= 15 is 0 Å². The van der Waals surface area contributed by atoms with Crippen molar-refractivity contribution in [2.24, 2.45) is 0 Å². The van der Waals surface area contributed by atoms with Crippen LogP contribution >= 0.6 is 11.3 Å². The standard InChI is InChI=1S/C23H17N3O2S/c1-14-7-8-18(9-15(14)2)25-12-17(11-24)22-26-20(13-29-22)19-10-16-5-3-4-6-21(16)28-23(19)27/h3-10,12-13,25H,1-2H3. The molecule has 142 valence electrons. The molecule has 0 aliphatic rings. The van der Waals surface area contributed by atoms with Gasteiger partial charge in [0.2, 0.25) is 0 Å². The topological polar surface area (TPSA) is 78.9 Å². The number of hydrogen-bond acceptors (Lipinski definition) is 6. The second-order valence-electron chi connectivity index (χ2n) is 6.64. The summed E-state index contributed by atoms with van der Waals surface area (Å²) in [6.45, 7) is 4.09. The molecule has 0 fully saturated rings. The van der Waals surface area contributed by atoms with Crippen molar-refractivity contribution in [2.75, 3.05) is 5.32 Å². The first-order valence-corrected chi connectivity index (χ1v) is 9.86. The molecule has 0 aliphatic heterocycles. The molecule has 4 rings (SSSR count). The molecule has 2 aromatic carbocycles. The van der Waals surface area contributed by atoms with Gasteiger partial charge in [0.15, 0.2) is 0 Å². The number of anilines is 1. The Morgan fingerprint density at radius 2 is 2.00 bits per heavy atom. The number of nitriles is 1. The van der Waals surface area contributed by atoms with Crippen LogP contribution in [-0.2, 0) is 0 Å². The van der Waals surface area contributed by atoms with Crippen molar-refractivity contribution in [3.63, 3.8) is 0 Å². The number of benzene rings is 2. The fourth-order valence-electron chi connectivity index (χ4n) is 2.89. The SMILES string of the molecule is Cc1ccc(NC=C(C#N)c2nc(-c3cc4ccccc4oc3=O)cs2)cc1C. The van der Waals surface area contributed by atoms with E-state index < -0.39 is 5.63 Å². The van der Waals surface area contributed by atoms with Crippen LogP contribution in [0, 0.1) is 25.2 Å². The molecule has 0 amide bonds. The lowest BCUT2D eigenvalue weighted by Crippen LogP contribution is -2.02. The molecule has 29 heavy (non-hydrogen) atoms. The largest absolute Gasteiger partial charge is 0.422 e. The minimum Gasteiger partial charge on any atom is -0.422 e. The zero-order valence-electron chi connectivity index (χ0n) is 15.9. The van der Waals surface area contributed by atoms with E-state index in [4.69, 9.17) is 4.42 Å². The maximum absolute atomic E-state index is 12.4. The van der Waals surface area contributed by atoms with E-state index in [0.717, 1.165) is 11.1 Å². The number of rotatable bonds is 4. The first-order chi connectivity index (χ1) is 14.0. The van der Waals surface area contributed by atoms with Gasteiger partial charge >= 0.3 is 5.63 Å². The summed E-state index contributed by atoms with van der Waals surface area (Å²) in [5.74, 6) is 0. The number of nitrogens with zero attached hydrogens (tertiary/aromatic N) is 2. The van der Waals surface area contributed by atoms with E-state index in [2.05, 4.69) is 23.3 Å². The van der Waals surface area contributed by atoms with E-state index in [1.54, 1.807) is 23.7 Å². The van der Waals surface area contributed by atoms with E-state index in [1.165, 1.54) is 22.5 Å². The van der Waals surface area contributed by atoms with Crippen molar-refractivity contribution in [1.82, 2.24) is 4.98 Å². The molecule has 0 aliphatic carbocycles.